The SMILES string of the molecule is Cn1nccc1-c1cc2c(ccn2C)nc1CN. The van der Waals surface area contributed by atoms with Crippen molar-refractivity contribution in [3.05, 3.63) is 36.3 Å². The summed E-state index contributed by atoms with van der Waals surface area (Å²) in [6, 6.07) is 6.11. The van der Waals surface area contributed by atoms with Crippen LogP contribution in [0.2, 0.25) is 0 Å². The molecule has 0 saturated carbocycles. The fourth-order valence-corrected chi connectivity index (χ4v) is 2.24. The molecule has 0 amide bonds. The van der Waals surface area contributed by atoms with Gasteiger partial charge in [0.05, 0.1) is 22.4 Å². The van der Waals surface area contributed by atoms with Crippen molar-refractivity contribution in [2.75, 3.05) is 0 Å². The van der Waals surface area contributed by atoms with Gasteiger partial charge in [0.15, 0.2) is 0 Å². The molecule has 0 fully saturated rings. The number of pyridine rings is 1. The Labute approximate surface area is 105 Å². The highest BCUT2D eigenvalue weighted by Gasteiger charge is 2.12. The van der Waals surface area contributed by atoms with Gasteiger partial charge in [-0.2, -0.15) is 5.10 Å². The summed E-state index contributed by atoms with van der Waals surface area (Å²) in [6.45, 7) is 0.422. The van der Waals surface area contributed by atoms with Gasteiger partial charge in [0.1, 0.15) is 0 Å². The maximum Gasteiger partial charge on any atom is 0.0885 e. The Morgan fingerprint density at radius 2 is 2.11 bits per heavy atom. The summed E-state index contributed by atoms with van der Waals surface area (Å²) in [5, 5.41) is 4.20. The van der Waals surface area contributed by atoms with Crippen LogP contribution in [0.5, 0.6) is 0 Å². The Kier molecular flexibility index (Phi) is 2.41. The predicted octanol–water partition coefficient (Wildman–Crippen LogP) is 1.43. The highest BCUT2D eigenvalue weighted by atomic mass is 15.3. The number of fused-ring (bicyclic) bond motifs is 1. The van der Waals surface area contributed by atoms with Gasteiger partial charge in [-0.3, -0.25) is 4.68 Å². The lowest BCUT2D eigenvalue weighted by Crippen LogP contribution is -2.05. The lowest BCUT2D eigenvalue weighted by Gasteiger charge is -2.08. The number of hydrogen-bond donors (Lipinski definition) is 1. The summed E-state index contributed by atoms with van der Waals surface area (Å²) in [6.07, 6.45) is 3.79. The van der Waals surface area contributed by atoms with E-state index < -0.39 is 0 Å². The van der Waals surface area contributed by atoms with Gasteiger partial charge >= 0.3 is 0 Å². The first-order valence-electron chi connectivity index (χ1n) is 5.84. The monoisotopic (exact) mass is 241 g/mol. The van der Waals surface area contributed by atoms with Crippen molar-refractivity contribution < 1.29 is 0 Å². The second kappa shape index (κ2) is 3.96. The van der Waals surface area contributed by atoms with Crippen LogP contribution in [0.15, 0.2) is 30.6 Å². The third kappa shape index (κ3) is 1.52. The molecule has 0 aliphatic rings. The van der Waals surface area contributed by atoms with Crippen LogP contribution in [0.25, 0.3) is 22.3 Å². The average molecular weight is 241 g/mol. The molecule has 92 valence electrons. The molecule has 0 spiro atoms. The van der Waals surface area contributed by atoms with E-state index in [-0.39, 0.29) is 0 Å². The van der Waals surface area contributed by atoms with Crippen molar-refractivity contribution in [1.82, 2.24) is 19.3 Å². The summed E-state index contributed by atoms with van der Waals surface area (Å²) >= 11 is 0. The Balaban J connectivity index is 2.33. The molecule has 0 aromatic carbocycles. The maximum absolute atomic E-state index is 5.81. The summed E-state index contributed by atoms with van der Waals surface area (Å²) in [5.41, 5.74) is 10.9. The molecule has 0 atom stereocenters. The largest absolute Gasteiger partial charge is 0.349 e. The van der Waals surface area contributed by atoms with Crippen LogP contribution >= 0.6 is 0 Å². The van der Waals surface area contributed by atoms with E-state index in [9.17, 15) is 0 Å². The second-order valence-corrected chi connectivity index (χ2v) is 4.36. The normalized spacial score (nSPS) is 11.3. The lowest BCUT2D eigenvalue weighted by atomic mass is 10.1. The van der Waals surface area contributed by atoms with Crippen LogP contribution in [0.4, 0.5) is 0 Å². The summed E-state index contributed by atoms with van der Waals surface area (Å²) in [7, 11) is 3.93. The summed E-state index contributed by atoms with van der Waals surface area (Å²) < 4.78 is 3.90. The maximum atomic E-state index is 5.81. The zero-order valence-corrected chi connectivity index (χ0v) is 10.5. The molecule has 0 bridgehead atoms. The number of nitrogens with two attached hydrogens (primary N) is 1. The highest BCUT2D eigenvalue weighted by Crippen LogP contribution is 2.26. The van der Waals surface area contributed by atoms with Gasteiger partial charge in [0.2, 0.25) is 0 Å². The third-order valence-electron chi connectivity index (χ3n) is 3.24. The fourth-order valence-electron chi connectivity index (χ4n) is 2.24. The molecule has 2 N–H and O–H groups in total. The van der Waals surface area contributed by atoms with E-state index in [2.05, 4.69) is 20.7 Å². The molecule has 3 heterocycles. The Morgan fingerprint density at radius 3 is 2.78 bits per heavy atom. The van der Waals surface area contributed by atoms with Gasteiger partial charge in [-0.1, -0.05) is 0 Å². The Morgan fingerprint density at radius 1 is 1.28 bits per heavy atom. The average Bonchev–Trinajstić information content (AvgIpc) is 2.95. The Bertz CT molecular complexity index is 707. The van der Waals surface area contributed by atoms with Crippen LogP contribution in [0.3, 0.4) is 0 Å². The van der Waals surface area contributed by atoms with Gasteiger partial charge in [-0.05, 0) is 18.2 Å². The summed E-state index contributed by atoms with van der Waals surface area (Å²) in [5.74, 6) is 0. The first-order chi connectivity index (χ1) is 8.70. The van der Waals surface area contributed by atoms with Crippen molar-refractivity contribution in [2.24, 2.45) is 19.8 Å². The first kappa shape index (κ1) is 11.0. The van der Waals surface area contributed by atoms with Crippen LogP contribution in [0, 0.1) is 0 Å². The van der Waals surface area contributed by atoms with Crippen molar-refractivity contribution in [3.8, 4) is 11.3 Å². The first-order valence-corrected chi connectivity index (χ1v) is 5.84. The smallest absolute Gasteiger partial charge is 0.0885 e. The van der Waals surface area contributed by atoms with E-state index in [1.54, 1.807) is 6.20 Å². The molecule has 5 nitrogen and oxygen atoms in total. The van der Waals surface area contributed by atoms with Crippen molar-refractivity contribution in [1.29, 1.82) is 0 Å². The van der Waals surface area contributed by atoms with Crippen LogP contribution < -0.4 is 5.73 Å². The molecule has 0 saturated heterocycles. The predicted molar refractivity (Wildman–Crippen MR) is 70.8 cm³/mol. The molecular weight excluding hydrogens is 226 g/mol. The zero-order valence-electron chi connectivity index (χ0n) is 10.5. The van der Waals surface area contributed by atoms with Crippen LogP contribution in [-0.2, 0) is 20.6 Å². The Hall–Kier alpha value is -2.14. The molecule has 0 aliphatic carbocycles. The minimum atomic E-state index is 0.422. The highest BCUT2D eigenvalue weighted by molar-refractivity contribution is 5.82. The number of aromatic nitrogens is 4. The molecular formula is C13H15N5. The van der Waals surface area contributed by atoms with Gasteiger partial charge in [0.25, 0.3) is 0 Å². The van der Waals surface area contributed by atoms with Crippen molar-refractivity contribution >= 4 is 11.0 Å². The van der Waals surface area contributed by atoms with Crippen LogP contribution in [0.1, 0.15) is 5.69 Å². The molecule has 3 rings (SSSR count). The summed E-state index contributed by atoms with van der Waals surface area (Å²) in [4.78, 5) is 4.62. The number of aryl methyl sites for hydroxylation is 2. The lowest BCUT2D eigenvalue weighted by molar-refractivity contribution is 0.773. The molecule has 0 radical (unpaired) electrons. The van der Waals surface area contributed by atoms with E-state index in [0.29, 0.717) is 6.54 Å². The van der Waals surface area contributed by atoms with E-state index >= 15 is 0 Å². The van der Waals surface area contributed by atoms with Gasteiger partial charge in [-0.25, -0.2) is 4.98 Å². The molecule has 3 aromatic rings. The van der Waals surface area contributed by atoms with Gasteiger partial charge in [-0.15, -0.1) is 0 Å². The number of nitrogens with zero attached hydrogens (tertiary/aromatic N) is 4. The van der Waals surface area contributed by atoms with E-state index in [1.807, 2.05) is 37.1 Å². The fraction of sp³-hybridized carbons (Fsp3) is 0.231. The molecule has 18 heavy (non-hydrogen) atoms. The van der Waals surface area contributed by atoms with E-state index in [1.165, 1.54) is 0 Å². The quantitative estimate of drug-likeness (QED) is 0.738. The molecule has 5 heteroatoms. The van der Waals surface area contributed by atoms with Crippen molar-refractivity contribution in [3.63, 3.8) is 0 Å². The molecule has 0 aliphatic heterocycles. The minimum Gasteiger partial charge on any atom is -0.349 e. The standard InChI is InChI=1S/C13H15N5/c1-17-6-4-10-13(17)7-9(11(8-14)16-10)12-3-5-15-18(12)2/h3-7H,8,14H2,1-2H3. The second-order valence-electron chi connectivity index (χ2n) is 4.36. The number of hydrogen-bond acceptors (Lipinski definition) is 3. The number of rotatable bonds is 2. The molecule has 3 aromatic heterocycles. The van der Waals surface area contributed by atoms with E-state index in [4.69, 9.17) is 5.73 Å². The topological polar surface area (TPSA) is 61.7 Å². The molecule has 0 unspecified atom stereocenters. The van der Waals surface area contributed by atoms with Crippen molar-refractivity contribution in [2.45, 2.75) is 6.54 Å². The zero-order chi connectivity index (χ0) is 12.7. The van der Waals surface area contributed by atoms with Crippen LogP contribution in [-0.4, -0.2) is 19.3 Å². The van der Waals surface area contributed by atoms with E-state index in [0.717, 1.165) is 28.0 Å². The minimum absolute atomic E-state index is 0.422. The van der Waals surface area contributed by atoms with Gasteiger partial charge < -0.3 is 10.3 Å². The van der Waals surface area contributed by atoms with Gasteiger partial charge in [0, 0.05) is 38.6 Å². The third-order valence-corrected chi connectivity index (χ3v) is 3.24.